The van der Waals surface area contributed by atoms with Gasteiger partial charge < -0.3 is 15.4 Å². The van der Waals surface area contributed by atoms with E-state index in [-0.39, 0.29) is 19.1 Å². The van der Waals surface area contributed by atoms with E-state index in [4.69, 9.17) is 4.74 Å². The maximum Gasteiger partial charge on any atom is 0.329 e. The average molecular weight is 408 g/mol. The summed E-state index contributed by atoms with van der Waals surface area (Å²) in [4.78, 5) is 35.3. The van der Waals surface area contributed by atoms with Crippen LogP contribution in [-0.4, -0.2) is 37.1 Å². The second kappa shape index (κ2) is 11.2. The first kappa shape index (κ1) is 22.4. The molecule has 0 saturated carbocycles. The van der Waals surface area contributed by atoms with Gasteiger partial charge in [-0.15, -0.1) is 6.58 Å². The number of para-hydroxylation sites is 1. The minimum Gasteiger partial charge on any atom is -0.483 e. The second-order valence-electron chi connectivity index (χ2n) is 6.39. The summed E-state index contributed by atoms with van der Waals surface area (Å²) in [6.07, 6.45) is 2.79. The molecule has 3 N–H and O–H groups in total. The quantitative estimate of drug-likeness (QED) is 0.269. The van der Waals surface area contributed by atoms with Gasteiger partial charge in [-0.3, -0.25) is 14.4 Å². The van der Waals surface area contributed by atoms with E-state index in [9.17, 15) is 14.4 Å². The predicted octanol–water partition coefficient (Wildman–Crippen LogP) is 2.07. The maximum absolute atomic E-state index is 12.2. The standard InChI is InChI=1S/C22H24N4O4/c1-4-11-23-21(28)22(29)26-24-13-17-7-5-6-8-19(17)30-14-20(27)25-18-10-9-15(2)12-16(18)3/h4-10,12-13H,1,11,14H2,2-3H3,(H,23,28)(H,25,27)(H,26,29)/b24-13-. The van der Waals surface area contributed by atoms with Crippen LogP contribution in [0.2, 0.25) is 0 Å². The molecule has 30 heavy (non-hydrogen) atoms. The highest BCUT2D eigenvalue weighted by Gasteiger charge is 2.11. The van der Waals surface area contributed by atoms with Gasteiger partial charge in [0, 0.05) is 17.8 Å². The monoisotopic (exact) mass is 408 g/mol. The zero-order chi connectivity index (χ0) is 21.9. The Morgan fingerprint density at radius 3 is 2.60 bits per heavy atom. The number of anilines is 1. The van der Waals surface area contributed by atoms with Gasteiger partial charge in [0.15, 0.2) is 6.61 Å². The van der Waals surface area contributed by atoms with E-state index in [0.717, 1.165) is 16.8 Å². The molecule has 3 amide bonds. The van der Waals surface area contributed by atoms with Gasteiger partial charge in [-0.2, -0.15) is 5.10 Å². The summed E-state index contributed by atoms with van der Waals surface area (Å²) in [5.41, 5.74) is 5.45. The second-order valence-corrected chi connectivity index (χ2v) is 6.39. The molecule has 0 atom stereocenters. The topological polar surface area (TPSA) is 109 Å². The number of aryl methyl sites for hydroxylation is 2. The van der Waals surface area contributed by atoms with Crippen molar-refractivity contribution in [3.8, 4) is 5.75 Å². The van der Waals surface area contributed by atoms with Crippen LogP contribution in [-0.2, 0) is 14.4 Å². The number of benzene rings is 2. The number of rotatable bonds is 8. The van der Waals surface area contributed by atoms with Crippen LogP contribution in [0.3, 0.4) is 0 Å². The fourth-order valence-corrected chi connectivity index (χ4v) is 2.46. The van der Waals surface area contributed by atoms with Crippen molar-refractivity contribution in [2.24, 2.45) is 5.10 Å². The van der Waals surface area contributed by atoms with Crippen LogP contribution < -0.4 is 20.8 Å². The summed E-state index contributed by atoms with van der Waals surface area (Å²) in [7, 11) is 0. The molecule has 0 aromatic heterocycles. The Labute approximate surface area is 175 Å². The van der Waals surface area contributed by atoms with Gasteiger partial charge in [-0.05, 0) is 37.6 Å². The van der Waals surface area contributed by atoms with E-state index in [1.807, 2.05) is 32.0 Å². The average Bonchev–Trinajstić information content (AvgIpc) is 2.73. The molecule has 0 aliphatic heterocycles. The summed E-state index contributed by atoms with van der Waals surface area (Å²) in [6.45, 7) is 7.32. The molecular formula is C22H24N4O4. The number of hydrazone groups is 1. The summed E-state index contributed by atoms with van der Waals surface area (Å²) >= 11 is 0. The first-order chi connectivity index (χ1) is 14.4. The highest BCUT2D eigenvalue weighted by molar-refractivity contribution is 6.35. The van der Waals surface area contributed by atoms with Gasteiger partial charge >= 0.3 is 11.8 Å². The van der Waals surface area contributed by atoms with Gasteiger partial charge in [-0.1, -0.05) is 35.9 Å². The Morgan fingerprint density at radius 2 is 1.87 bits per heavy atom. The van der Waals surface area contributed by atoms with Crippen LogP contribution in [0.1, 0.15) is 16.7 Å². The van der Waals surface area contributed by atoms with Crippen LogP contribution in [0.25, 0.3) is 0 Å². The smallest absolute Gasteiger partial charge is 0.329 e. The number of hydrogen-bond donors (Lipinski definition) is 3. The largest absolute Gasteiger partial charge is 0.483 e. The minimum absolute atomic E-state index is 0.177. The lowest BCUT2D eigenvalue weighted by Gasteiger charge is -2.11. The number of carbonyl (C=O) groups is 3. The van der Waals surface area contributed by atoms with Crippen molar-refractivity contribution in [1.29, 1.82) is 0 Å². The van der Waals surface area contributed by atoms with Crippen molar-refractivity contribution in [2.75, 3.05) is 18.5 Å². The van der Waals surface area contributed by atoms with E-state index in [2.05, 4.69) is 27.7 Å². The van der Waals surface area contributed by atoms with E-state index in [0.29, 0.717) is 11.3 Å². The summed E-state index contributed by atoms with van der Waals surface area (Å²) in [5.74, 6) is -1.62. The minimum atomic E-state index is -0.903. The third kappa shape index (κ3) is 6.90. The van der Waals surface area contributed by atoms with Crippen LogP contribution in [0, 0.1) is 13.8 Å². The maximum atomic E-state index is 12.2. The molecule has 8 heteroatoms. The molecule has 0 unspecified atom stereocenters. The third-order valence-corrected chi connectivity index (χ3v) is 3.92. The first-order valence-corrected chi connectivity index (χ1v) is 9.21. The lowest BCUT2D eigenvalue weighted by molar-refractivity contribution is -0.139. The molecule has 0 spiro atoms. The molecule has 2 aromatic rings. The number of nitrogens with one attached hydrogen (secondary N) is 3. The number of ether oxygens (including phenoxy) is 1. The Hall–Kier alpha value is -3.94. The Kier molecular flexibility index (Phi) is 8.31. The predicted molar refractivity (Wildman–Crippen MR) is 115 cm³/mol. The number of hydrogen-bond acceptors (Lipinski definition) is 5. The third-order valence-electron chi connectivity index (χ3n) is 3.92. The molecule has 0 saturated heterocycles. The van der Waals surface area contributed by atoms with Crippen molar-refractivity contribution >= 4 is 29.6 Å². The Balaban J connectivity index is 1.93. The number of carbonyl (C=O) groups excluding carboxylic acids is 3. The zero-order valence-corrected chi connectivity index (χ0v) is 16.9. The lowest BCUT2D eigenvalue weighted by Crippen LogP contribution is -2.37. The van der Waals surface area contributed by atoms with E-state index in [1.165, 1.54) is 12.3 Å². The van der Waals surface area contributed by atoms with Crippen LogP contribution in [0.4, 0.5) is 5.69 Å². The normalized spacial score (nSPS) is 10.3. The molecule has 0 heterocycles. The Bertz CT molecular complexity index is 969. The van der Waals surface area contributed by atoms with Crippen molar-refractivity contribution < 1.29 is 19.1 Å². The van der Waals surface area contributed by atoms with Crippen molar-refractivity contribution in [3.63, 3.8) is 0 Å². The Morgan fingerprint density at radius 1 is 1.10 bits per heavy atom. The van der Waals surface area contributed by atoms with Gasteiger partial charge in [0.25, 0.3) is 5.91 Å². The molecule has 156 valence electrons. The highest BCUT2D eigenvalue weighted by atomic mass is 16.5. The van der Waals surface area contributed by atoms with Crippen LogP contribution in [0.15, 0.2) is 60.2 Å². The molecule has 0 bridgehead atoms. The van der Waals surface area contributed by atoms with Crippen molar-refractivity contribution in [1.82, 2.24) is 10.7 Å². The summed E-state index contributed by atoms with van der Waals surface area (Å²) in [6, 6.07) is 12.6. The SMILES string of the molecule is C=CCNC(=O)C(=O)N/N=C\c1ccccc1OCC(=O)Nc1ccc(C)cc1C. The molecule has 0 aliphatic rings. The molecule has 0 aliphatic carbocycles. The summed E-state index contributed by atoms with van der Waals surface area (Å²) < 4.78 is 5.59. The van der Waals surface area contributed by atoms with Gasteiger partial charge in [0.1, 0.15) is 5.75 Å². The summed E-state index contributed by atoms with van der Waals surface area (Å²) in [5, 5.41) is 8.90. The molecule has 0 radical (unpaired) electrons. The van der Waals surface area contributed by atoms with E-state index >= 15 is 0 Å². The fourth-order valence-electron chi connectivity index (χ4n) is 2.46. The highest BCUT2D eigenvalue weighted by Crippen LogP contribution is 2.17. The van der Waals surface area contributed by atoms with E-state index < -0.39 is 11.8 Å². The van der Waals surface area contributed by atoms with Gasteiger partial charge in [0.2, 0.25) is 0 Å². The van der Waals surface area contributed by atoms with E-state index in [1.54, 1.807) is 24.3 Å². The van der Waals surface area contributed by atoms with Gasteiger partial charge in [-0.25, -0.2) is 5.43 Å². The van der Waals surface area contributed by atoms with Crippen molar-refractivity contribution in [2.45, 2.75) is 13.8 Å². The van der Waals surface area contributed by atoms with Crippen molar-refractivity contribution in [3.05, 3.63) is 71.8 Å². The van der Waals surface area contributed by atoms with Crippen LogP contribution in [0.5, 0.6) is 5.75 Å². The zero-order valence-electron chi connectivity index (χ0n) is 16.9. The number of nitrogens with zero attached hydrogens (tertiary/aromatic N) is 1. The molecule has 2 aromatic carbocycles. The molecule has 8 nitrogen and oxygen atoms in total. The molecular weight excluding hydrogens is 384 g/mol. The lowest BCUT2D eigenvalue weighted by atomic mass is 10.1. The first-order valence-electron chi connectivity index (χ1n) is 9.21. The van der Waals surface area contributed by atoms with Gasteiger partial charge in [0.05, 0.1) is 6.21 Å². The molecule has 2 rings (SSSR count). The van der Waals surface area contributed by atoms with Crippen LogP contribution >= 0.6 is 0 Å². The fraction of sp³-hybridized carbons (Fsp3) is 0.182. The molecule has 0 fully saturated rings. The number of amides is 3.